The van der Waals surface area contributed by atoms with Crippen molar-refractivity contribution in [3.05, 3.63) is 105 Å². The predicted molar refractivity (Wildman–Crippen MR) is 128 cm³/mol. The predicted octanol–water partition coefficient (Wildman–Crippen LogP) is 6.15. The Morgan fingerprint density at radius 3 is 2.26 bits per heavy atom. The first kappa shape index (κ1) is 21.0. The zero-order valence-electron chi connectivity index (χ0n) is 19.0. The number of amides is 1. The smallest absolute Gasteiger partial charge is 0.267 e. The largest absolute Gasteiger partial charge is 0.271 e. The van der Waals surface area contributed by atoms with Gasteiger partial charge in [-0.2, -0.15) is 5.10 Å². The maximum Gasteiger partial charge on any atom is 0.271 e. The summed E-state index contributed by atoms with van der Waals surface area (Å²) in [6.45, 7) is 11.0. The molecule has 3 nitrogen and oxygen atoms in total. The zero-order valence-corrected chi connectivity index (χ0v) is 19.0. The summed E-state index contributed by atoms with van der Waals surface area (Å²) >= 11 is 0. The van der Waals surface area contributed by atoms with Gasteiger partial charge in [-0.3, -0.25) is 4.79 Å². The van der Waals surface area contributed by atoms with Crippen LogP contribution in [0.15, 0.2) is 65.8 Å². The SMILES string of the molecule is Cc1ccc(C2(C)CC/C(=N\NC(=O)c3ccccc3)c3cc(C)c(C)cc32)cc1C. The summed E-state index contributed by atoms with van der Waals surface area (Å²) in [6.07, 6.45) is 1.76. The Balaban J connectivity index is 1.76. The van der Waals surface area contributed by atoms with Crippen LogP contribution in [0.25, 0.3) is 0 Å². The van der Waals surface area contributed by atoms with Crippen LogP contribution < -0.4 is 5.43 Å². The van der Waals surface area contributed by atoms with Crippen molar-refractivity contribution < 1.29 is 4.79 Å². The number of benzene rings is 3. The Bertz CT molecular complexity index is 1180. The number of hydrazone groups is 1. The highest BCUT2D eigenvalue weighted by Gasteiger charge is 2.37. The third-order valence-corrected chi connectivity index (χ3v) is 6.87. The molecule has 0 heterocycles. The number of fused-ring (bicyclic) bond motifs is 1. The van der Waals surface area contributed by atoms with Gasteiger partial charge in [-0.05, 0) is 92.1 Å². The van der Waals surface area contributed by atoms with Crippen LogP contribution >= 0.6 is 0 Å². The number of hydrogen-bond donors (Lipinski definition) is 1. The lowest BCUT2D eigenvalue weighted by Gasteiger charge is -2.38. The lowest BCUT2D eigenvalue weighted by atomic mass is 9.66. The van der Waals surface area contributed by atoms with E-state index in [-0.39, 0.29) is 11.3 Å². The first-order valence-electron chi connectivity index (χ1n) is 10.9. The zero-order chi connectivity index (χ0) is 22.2. The maximum atomic E-state index is 12.5. The molecule has 0 saturated carbocycles. The Kier molecular flexibility index (Phi) is 5.53. The molecule has 0 fully saturated rings. The van der Waals surface area contributed by atoms with E-state index in [0.29, 0.717) is 5.56 Å². The molecule has 0 aromatic heterocycles. The molecule has 1 atom stereocenters. The fraction of sp³-hybridized carbons (Fsp3) is 0.286. The molecule has 1 N–H and O–H groups in total. The molecule has 1 aliphatic rings. The van der Waals surface area contributed by atoms with Crippen LogP contribution in [-0.2, 0) is 5.41 Å². The standard InChI is InChI=1S/C28H30N2O/c1-18-11-12-23(15-19(18)2)28(5)14-13-26(24-16-20(3)21(4)17-25(24)28)29-30-27(31)22-9-7-6-8-10-22/h6-12,15-17H,13-14H2,1-5H3,(H,30,31)/b29-26+. The van der Waals surface area contributed by atoms with Crippen molar-refractivity contribution in [1.82, 2.24) is 5.43 Å². The van der Waals surface area contributed by atoms with Crippen LogP contribution in [0.1, 0.15) is 69.1 Å². The minimum absolute atomic E-state index is 0.0886. The highest BCUT2D eigenvalue weighted by Crippen LogP contribution is 2.43. The fourth-order valence-electron chi connectivity index (χ4n) is 4.42. The van der Waals surface area contributed by atoms with Gasteiger partial charge in [0.25, 0.3) is 5.91 Å². The second-order valence-electron chi connectivity index (χ2n) is 8.98. The first-order chi connectivity index (χ1) is 14.8. The summed E-state index contributed by atoms with van der Waals surface area (Å²) in [5.41, 5.74) is 13.2. The van der Waals surface area contributed by atoms with Gasteiger partial charge in [0, 0.05) is 16.5 Å². The van der Waals surface area contributed by atoms with Crippen molar-refractivity contribution in [3.8, 4) is 0 Å². The van der Waals surface area contributed by atoms with Gasteiger partial charge >= 0.3 is 0 Å². The van der Waals surface area contributed by atoms with Crippen LogP contribution in [0.4, 0.5) is 0 Å². The van der Waals surface area contributed by atoms with Crippen LogP contribution in [-0.4, -0.2) is 11.6 Å². The molecule has 1 aliphatic carbocycles. The van der Waals surface area contributed by atoms with E-state index in [1.165, 1.54) is 33.4 Å². The second kappa shape index (κ2) is 8.14. The molecule has 3 aromatic rings. The Morgan fingerprint density at radius 1 is 0.871 bits per heavy atom. The summed E-state index contributed by atoms with van der Waals surface area (Å²) in [6, 6.07) is 20.6. The van der Waals surface area contributed by atoms with Crippen molar-refractivity contribution in [2.45, 2.75) is 52.9 Å². The fourth-order valence-corrected chi connectivity index (χ4v) is 4.42. The first-order valence-corrected chi connectivity index (χ1v) is 10.9. The van der Waals surface area contributed by atoms with Gasteiger partial charge in [0.15, 0.2) is 0 Å². The van der Waals surface area contributed by atoms with Crippen LogP contribution in [0.5, 0.6) is 0 Å². The van der Waals surface area contributed by atoms with Gasteiger partial charge < -0.3 is 0 Å². The second-order valence-corrected chi connectivity index (χ2v) is 8.98. The highest BCUT2D eigenvalue weighted by molar-refractivity contribution is 6.05. The van der Waals surface area contributed by atoms with E-state index in [9.17, 15) is 4.79 Å². The molecule has 3 heteroatoms. The van der Waals surface area contributed by atoms with Gasteiger partial charge in [-0.1, -0.05) is 49.4 Å². The van der Waals surface area contributed by atoms with Crippen molar-refractivity contribution in [2.75, 3.05) is 0 Å². The van der Waals surface area contributed by atoms with Crippen molar-refractivity contribution in [3.63, 3.8) is 0 Å². The summed E-state index contributed by atoms with van der Waals surface area (Å²) in [4.78, 5) is 12.5. The van der Waals surface area contributed by atoms with Crippen LogP contribution in [0, 0.1) is 27.7 Å². The minimum atomic E-state index is -0.180. The number of hydrogen-bond acceptors (Lipinski definition) is 2. The van der Waals surface area contributed by atoms with E-state index < -0.39 is 0 Å². The van der Waals surface area contributed by atoms with Crippen LogP contribution in [0.2, 0.25) is 0 Å². The average molecular weight is 411 g/mol. The molecular formula is C28H30N2O. The maximum absolute atomic E-state index is 12.5. The summed E-state index contributed by atoms with van der Waals surface area (Å²) < 4.78 is 0. The van der Waals surface area contributed by atoms with E-state index in [1.807, 2.05) is 18.2 Å². The van der Waals surface area contributed by atoms with Crippen molar-refractivity contribution in [2.24, 2.45) is 5.10 Å². The Labute approximate surface area is 185 Å². The third kappa shape index (κ3) is 3.93. The lowest BCUT2D eigenvalue weighted by molar-refractivity contribution is 0.0954. The molecule has 0 radical (unpaired) electrons. The molecule has 1 amide bonds. The number of carbonyl (C=O) groups excluding carboxylic acids is 1. The van der Waals surface area contributed by atoms with Gasteiger partial charge in [0.1, 0.15) is 0 Å². The van der Waals surface area contributed by atoms with E-state index in [2.05, 4.69) is 75.5 Å². The molecule has 0 aliphatic heterocycles. The summed E-state index contributed by atoms with van der Waals surface area (Å²) in [5.74, 6) is -0.180. The summed E-state index contributed by atoms with van der Waals surface area (Å²) in [7, 11) is 0. The quantitative estimate of drug-likeness (QED) is 0.517. The van der Waals surface area contributed by atoms with Gasteiger partial charge in [-0.25, -0.2) is 5.43 Å². The van der Waals surface area contributed by atoms with Gasteiger partial charge in [0.05, 0.1) is 5.71 Å². The molecule has 0 bridgehead atoms. The molecule has 0 spiro atoms. The average Bonchev–Trinajstić information content (AvgIpc) is 2.77. The number of nitrogens with one attached hydrogen (secondary N) is 1. The Morgan fingerprint density at radius 2 is 1.55 bits per heavy atom. The van der Waals surface area contributed by atoms with E-state index in [1.54, 1.807) is 12.1 Å². The molecule has 3 aromatic carbocycles. The molecule has 1 unspecified atom stereocenters. The number of rotatable bonds is 3. The van der Waals surface area contributed by atoms with Crippen molar-refractivity contribution >= 4 is 11.6 Å². The number of aryl methyl sites for hydroxylation is 4. The molecular weight excluding hydrogens is 380 g/mol. The lowest BCUT2D eigenvalue weighted by Crippen LogP contribution is -2.33. The Hall–Kier alpha value is -3.20. The topological polar surface area (TPSA) is 41.5 Å². The van der Waals surface area contributed by atoms with E-state index in [4.69, 9.17) is 0 Å². The number of nitrogens with zero attached hydrogens (tertiary/aromatic N) is 1. The third-order valence-electron chi connectivity index (χ3n) is 6.87. The molecule has 0 saturated heterocycles. The van der Waals surface area contributed by atoms with Crippen molar-refractivity contribution in [1.29, 1.82) is 0 Å². The highest BCUT2D eigenvalue weighted by atomic mass is 16.2. The normalized spacial score (nSPS) is 19.2. The monoisotopic (exact) mass is 410 g/mol. The van der Waals surface area contributed by atoms with Gasteiger partial charge in [-0.15, -0.1) is 0 Å². The molecule has 4 rings (SSSR count). The van der Waals surface area contributed by atoms with E-state index in [0.717, 1.165) is 24.1 Å². The molecule has 158 valence electrons. The minimum Gasteiger partial charge on any atom is -0.267 e. The van der Waals surface area contributed by atoms with Gasteiger partial charge in [0.2, 0.25) is 0 Å². The van der Waals surface area contributed by atoms with E-state index >= 15 is 0 Å². The van der Waals surface area contributed by atoms with Crippen LogP contribution in [0.3, 0.4) is 0 Å². The summed E-state index contributed by atoms with van der Waals surface area (Å²) in [5, 5.41) is 4.58. The molecule has 31 heavy (non-hydrogen) atoms. The number of carbonyl (C=O) groups is 1.